The van der Waals surface area contributed by atoms with Crippen molar-refractivity contribution in [2.75, 3.05) is 18.5 Å². The summed E-state index contributed by atoms with van der Waals surface area (Å²) < 4.78 is 5.26. The van der Waals surface area contributed by atoms with Crippen LogP contribution in [-0.2, 0) is 9.59 Å². The smallest absolute Gasteiger partial charge is 0.258 e. The molecule has 2 aromatic rings. The second-order valence-electron chi connectivity index (χ2n) is 4.27. The second-order valence-corrected chi connectivity index (χ2v) is 4.63. The number of carbonyl (C=O) groups is 2. The lowest BCUT2D eigenvalue weighted by atomic mass is 10.3. The summed E-state index contributed by atoms with van der Waals surface area (Å²) in [5.74, 6) is -0.205. The van der Waals surface area contributed by atoms with Crippen LogP contribution in [0.25, 0.3) is 0 Å². The molecular weight excluding hydrogens is 306 g/mol. The molecule has 0 saturated heterocycles. The Morgan fingerprint density at radius 2 is 1.86 bits per heavy atom. The van der Waals surface area contributed by atoms with Crippen molar-refractivity contribution >= 4 is 29.1 Å². The minimum Gasteiger partial charge on any atom is -0.484 e. The first-order chi connectivity index (χ1) is 10.6. The number of ether oxygens (including phenoxy) is 1. The standard InChI is InChI=1S/C15H14ClN3O3/c16-15-12(7-4-8-17-15)19-13(20)9-18-14(21)10-22-11-5-2-1-3-6-11/h1-8H,9-10H2,(H,18,21)(H,19,20). The zero-order chi connectivity index (χ0) is 15.8. The minimum atomic E-state index is -0.400. The molecule has 1 heterocycles. The summed E-state index contributed by atoms with van der Waals surface area (Å²) in [6.45, 7) is -0.340. The van der Waals surface area contributed by atoms with E-state index in [1.165, 1.54) is 6.20 Å². The van der Waals surface area contributed by atoms with Gasteiger partial charge in [-0.1, -0.05) is 29.8 Å². The average Bonchev–Trinajstić information content (AvgIpc) is 2.54. The first-order valence-corrected chi connectivity index (χ1v) is 6.88. The lowest BCUT2D eigenvalue weighted by molar-refractivity contribution is -0.125. The maximum atomic E-state index is 11.7. The molecular formula is C15H14ClN3O3. The fraction of sp³-hybridized carbons (Fsp3) is 0.133. The van der Waals surface area contributed by atoms with E-state index in [1.807, 2.05) is 6.07 Å². The van der Waals surface area contributed by atoms with Crippen molar-refractivity contribution in [2.45, 2.75) is 0 Å². The van der Waals surface area contributed by atoms with Gasteiger partial charge in [-0.2, -0.15) is 0 Å². The quantitative estimate of drug-likeness (QED) is 0.797. The van der Waals surface area contributed by atoms with Crippen LogP contribution in [0.3, 0.4) is 0 Å². The first-order valence-electron chi connectivity index (χ1n) is 6.50. The highest BCUT2D eigenvalue weighted by Gasteiger charge is 2.08. The third kappa shape index (κ3) is 5.06. The molecule has 7 heteroatoms. The van der Waals surface area contributed by atoms with Gasteiger partial charge in [0.15, 0.2) is 11.8 Å². The molecule has 0 aliphatic carbocycles. The number of rotatable bonds is 6. The highest BCUT2D eigenvalue weighted by molar-refractivity contribution is 6.32. The summed E-state index contributed by atoms with van der Waals surface area (Å²) in [5, 5.41) is 5.19. The van der Waals surface area contributed by atoms with E-state index in [0.29, 0.717) is 11.4 Å². The SMILES string of the molecule is O=C(COc1ccccc1)NCC(=O)Nc1cccnc1Cl. The van der Waals surface area contributed by atoms with Crippen molar-refractivity contribution in [2.24, 2.45) is 0 Å². The Balaban J connectivity index is 1.72. The number of nitrogens with zero attached hydrogens (tertiary/aromatic N) is 1. The Bertz CT molecular complexity index is 649. The molecule has 0 radical (unpaired) electrons. The lowest BCUT2D eigenvalue weighted by Gasteiger charge is -2.08. The molecule has 1 aromatic heterocycles. The normalized spacial score (nSPS) is 9.86. The van der Waals surface area contributed by atoms with E-state index >= 15 is 0 Å². The number of nitrogens with one attached hydrogen (secondary N) is 2. The van der Waals surface area contributed by atoms with Crippen molar-refractivity contribution in [3.05, 3.63) is 53.8 Å². The molecule has 0 bridgehead atoms. The summed E-state index contributed by atoms with van der Waals surface area (Å²) in [6, 6.07) is 12.2. The second kappa shape index (κ2) is 7.99. The van der Waals surface area contributed by atoms with Gasteiger partial charge in [0.2, 0.25) is 5.91 Å². The number of halogens is 1. The third-order valence-electron chi connectivity index (χ3n) is 2.59. The van der Waals surface area contributed by atoms with E-state index in [0.717, 1.165) is 0 Å². The highest BCUT2D eigenvalue weighted by atomic mass is 35.5. The maximum Gasteiger partial charge on any atom is 0.258 e. The summed E-state index contributed by atoms with van der Waals surface area (Å²) in [4.78, 5) is 27.1. The molecule has 22 heavy (non-hydrogen) atoms. The zero-order valence-corrected chi connectivity index (χ0v) is 12.3. The van der Waals surface area contributed by atoms with Crippen LogP contribution in [0.4, 0.5) is 5.69 Å². The van der Waals surface area contributed by atoms with E-state index in [1.54, 1.807) is 36.4 Å². The van der Waals surface area contributed by atoms with E-state index in [9.17, 15) is 9.59 Å². The van der Waals surface area contributed by atoms with E-state index in [-0.39, 0.29) is 18.3 Å². The van der Waals surface area contributed by atoms with Crippen LogP contribution in [0.1, 0.15) is 0 Å². The van der Waals surface area contributed by atoms with E-state index < -0.39 is 11.8 Å². The highest BCUT2D eigenvalue weighted by Crippen LogP contribution is 2.16. The fourth-order valence-electron chi connectivity index (χ4n) is 1.57. The molecule has 0 spiro atoms. The van der Waals surface area contributed by atoms with Gasteiger partial charge in [-0.3, -0.25) is 9.59 Å². The fourth-order valence-corrected chi connectivity index (χ4v) is 1.74. The lowest BCUT2D eigenvalue weighted by Crippen LogP contribution is -2.35. The van der Waals surface area contributed by atoms with Crippen LogP contribution >= 0.6 is 11.6 Å². The Morgan fingerprint density at radius 1 is 1.09 bits per heavy atom. The summed E-state index contributed by atoms with van der Waals surface area (Å²) in [6.07, 6.45) is 1.51. The van der Waals surface area contributed by atoms with Gasteiger partial charge in [-0.25, -0.2) is 4.98 Å². The molecule has 0 saturated carbocycles. The van der Waals surface area contributed by atoms with Gasteiger partial charge >= 0.3 is 0 Å². The summed E-state index contributed by atoms with van der Waals surface area (Å²) in [7, 11) is 0. The number of hydrogen-bond acceptors (Lipinski definition) is 4. The van der Waals surface area contributed by atoms with Gasteiger partial charge in [-0.05, 0) is 24.3 Å². The van der Waals surface area contributed by atoms with Crippen LogP contribution in [0, 0.1) is 0 Å². The van der Waals surface area contributed by atoms with Crippen molar-refractivity contribution in [1.29, 1.82) is 0 Å². The number of aromatic nitrogens is 1. The number of para-hydroxylation sites is 1. The van der Waals surface area contributed by atoms with Crippen molar-refractivity contribution < 1.29 is 14.3 Å². The number of benzene rings is 1. The van der Waals surface area contributed by atoms with E-state index in [4.69, 9.17) is 16.3 Å². The monoisotopic (exact) mass is 319 g/mol. The van der Waals surface area contributed by atoms with Crippen LogP contribution in [0.5, 0.6) is 5.75 Å². The van der Waals surface area contributed by atoms with Crippen molar-refractivity contribution in [3.63, 3.8) is 0 Å². The Labute approximate surface area is 132 Å². The van der Waals surface area contributed by atoms with Gasteiger partial charge in [0, 0.05) is 6.20 Å². The molecule has 0 aliphatic rings. The predicted octanol–water partition coefficient (Wildman–Crippen LogP) is 1.87. The van der Waals surface area contributed by atoms with Crippen LogP contribution in [-0.4, -0.2) is 29.9 Å². The number of amides is 2. The van der Waals surface area contributed by atoms with Crippen LogP contribution in [0.15, 0.2) is 48.7 Å². The average molecular weight is 320 g/mol. The third-order valence-corrected chi connectivity index (χ3v) is 2.89. The zero-order valence-electron chi connectivity index (χ0n) is 11.6. The van der Waals surface area contributed by atoms with Crippen molar-refractivity contribution in [3.8, 4) is 5.75 Å². The number of anilines is 1. The van der Waals surface area contributed by atoms with E-state index in [2.05, 4.69) is 15.6 Å². The van der Waals surface area contributed by atoms with Gasteiger partial charge in [0.1, 0.15) is 5.75 Å². The van der Waals surface area contributed by atoms with Crippen molar-refractivity contribution in [1.82, 2.24) is 10.3 Å². The summed E-state index contributed by atoms with van der Waals surface area (Å²) in [5.41, 5.74) is 0.393. The molecule has 0 atom stereocenters. The molecule has 0 fully saturated rings. The molecule has 0 aliphatic heterocycles. The first kappa shape index (κ1) is 15.8. The maximum absolute atomic E-state index is 11.7. The van der Waals surface area contributed by atoms with Gasteiger partial charge in [0.25, 0.3) is 5.91 Å². The molecule has 2 N–H and O–H groups in total. The number of carbonyl (C=O) groups excluding carboxylic acids is 2. The van der Waals surface area contributed by atoms with Crippen LogP contribution in [0.2, 0.25) is 5.15 Å². The Morgan fingerprint density at radius 3 is 2.59 bits per heavy atom. The van der Waals surface area contributed by atoms with Gasteiger partial charge in [-0.15, -0.1) is 0 Å². The molecule has 0 unspecified atom stereocenters. The molecule has 2 amide bonds. The number of hydrogen-bond donors (Lipinski definition) is 2. The number of pyridine rings is 1. The van der Waals surface area contributed by atoms with Gasteiger partial charge in [0.05, 0.1) is 12.2 Å². The largest absolute Gasteiger partial charge is 0.484 e. The molecule has 114 valence electrons. The Kier molecular flexibility index (Phi) is 5.73. The van der Waals surface area contributed by atoms with Gasteiger partial charge < -0.3 is 15.4 Å². The molecule has 2 rings (SSSR count). The Hall–Kier alpha value is -2.60. The minimum absolute atomic E-state index is 0.162. The molecule has 1 aromatic carbocycles. The topological polar surface area (TPSA) is 80.3 Å². The van der Waals surface area contributed by atoms with Crippen LogP contribution < -0.4 is 15.4 Å². The molecule has 6 nitrogen and oxygen atoms in total. The summed E-state index contributed by atoms with van der Waals surface area (Å²) >= 11 is 5.82. The predicted molar refractivity (Wildman–Crippen MR) is 82.8 cm³/mol.